The molecule has 4 nitrogen and oxygen atoms in total. The predicted octanol–water partition coefficient (Wildman–Crippen LogP) is 1.06. The number of nitrogens with one attached hydrogen (secondary N) is 1. The minimum absolute atomic E-state index is 0.00622. The molecule has 0 aliphatic heterocycles. The Labute approximate surface area is 91.3 Å². The van der Waals surface area contributed by atoms with Crippen molar-refractivity contribution in [3.63, 3.8) is 0 Å². The van der Waals surface area contributed by atoms with Gasteiger partial charge in [-0.05, 0) is 25.8 Å². The smallest absolute Gasteiger partial charge is 0.0762 e. The molecule has 1 unspecified atom stereocenters. The molecule has 1 aromatic heterocycles. The molecular formula is C11H21N3O. The molecule has 0 saturated heterocycles. The highest BCUT2D eigenvalue weighted by Gasteiger charge is 2.20. The van der Waals surface area contributed by atoms with Gasteiger partial charge in [-0.25, -0.2) is 0 Å². The molecule has 2 N–H and O–H groups in total. The van der Waals surface area contributed by atoms with Crippen molar-refractivity contribution in [2.24, 2.45) is 7.05 Å². The van der Waals surface area contributed by atoms with E-state index in [9.17, 15) is 0 Å². The van der Waals surface area contributed by atoms with Gasteiger partial charge in [-0.3, -0.25) is 4.68 Å². The van der Waals surface area contributed by atoms with Crippen LogP contribution in [0.4, 0.5) is 0 Å². The summed E-state index contributed by atoms with van der Waals surface area (Å²) in [7, 11) is 1.91. The van der Waals surface area contributed by atoms with Crippen LogP contribution in [0.5, 0.6) is 0 Å². The van der Waals surface area contributed by atoms with Crippen molar-refractivity contribution in [3.8, 4) is 0 Å². The van der Waals surface area contributed by atoms with Gasteiger partial charge in [0.15, 0.2) is 0 Å². The van der Waals surface area contributed by atoms with Gasteiger partial charge >= 0.3 is 0 Å². The standard InChI is InChI=1S/C11H21N3O/c1-4-11(2,6-8-15)12-9-10-5-7-14(3)13-10/h5,7,12,15H,4,6,8-9H2,1-3H3. The van der Waals surface area contributed by atoms with E-state index in [1.807, 2.05) is 19.3 Å². The molecule has 86 valence electrons. The van der Waals surface area contributed by atoms with Crippen LogP contribution in [0, 0.1) is 0 Å². The number of aryl methyl sites for hydroxylation is 1. The van der Waals surface area contributed by atoms with Gasteiger partial charge in [0.05, 0.1) is 5.69 Å². The first-order chi connectivity index (χ1) is 7.09. The minimum Gasteiger partial charge on any atom is -0.396 e. The van der Waals surface area contributed by atoms with Crippen molar-refractivity contribution in [2.75, 3.05) is 6.61 Å². The van der Waals surface area contributed by atoms with E-state index in [0.29, 0.717) is 0 Å². The zero-order valence-electron chi connectivity index (χ0n) is 9.82. The highest BCUT2D eigenvalue weighted by atomic mass is 16.3. The normalized spacial score (nSPS) is 15.2. The Kier molecular flexibility index (Phi) is 4.29. The summed E-state index contributed by atoms with van der Waals surface area (Å²) >= 11 is 0. The van der Waals surface area contributed by atoms with E-state index in [1.165, 1.54) is 0 Å². The Hall–Kier alpha value is -0.870. The summed E-state index contributed by atoms with van der Waals surface area (Å²) in [5.41, 5.74) is 1.04. The number of hydrogen-bond acceptors (Lipinski definition) is 3. The first kappa shape index (κ1) is 12.2. The summed E-state index contributed by atoms with van der Waals surface area (Å²) in [6.45, 7) is 5.23. The second-order valence-corrected chi connectivity index (χ2v) is 4.22. The number of hydrogen-bond donors (Lipinski definition) is 2. The summed E-state index contributed by atoms with van der Waals surface area (Å²) in [6.07, 6.45) is 3.71. The highest BCUT2D eigenvalue weighted by Crippen LogP contribution is 2.14. The average molecular weight is 211 g/mol. The van der Waals surface area contributed by atoms with E-state index >= 15 is 0 Å². The maximum Gasteiger partial charge on any atom is 0.0762 e. The van der Waals surface area contributed by atoms with Crippen molar-refractivity contribution < 1.29 is 5.11 Å². The average Bonchev–Trinajstić information content (AvgIpc) is 2.62. The first-order valence-electron chi connectivity index (χ1n) is 5.44. The molecule has 4 heteroatoms. The summed E-state index contributed by atoms with van der Waals surface area (Å²) < 4.78 is 1.80. The largest absolute Gasteiger partial charge is 0.396 e. The second kappa shape index (κ2) is 5.28. The molecule has 0 fully saturated rings. The Balaban J connectivity index is 2.47. The highest BCUT2D eigenvalue weighted by molar-refractivity contribution is 4.99. The van der Waals surface area contributed by atoms with Crippen molar-refractivity contribution >= 4 is 0 Å². The molecule has 0 radical (unpaired) electrons. The zero-order chi connectivity index (χ0) is 11.3. The lowest BCUT2D eigenvalue weighted by molar-refractivity contribution is 0.214. The van der Waals surface area contributed by atoms with Crippen LogP contribution in [0.25, 0.3) is 0 Å². The van der Waals surface area contributed by atoms with Crippen molar-refractivity contribution in [2.45, 2.75) is 38.8 Å². The monoisotopic (exact) mass is 211 g/mol. The van der Waals surface area contributed by atoms with Gasteiger partial charge in [0, 0.05) is 31.9 Å². The maximum absolute atomic E-state index is 8.97. The fourth-order valence-electron chi connectivity index (χ4n) is 1.50. The van der Waals surface area contributed by atoms with Crippen molar-refractivity contribution in [3.05, 3.63) is 18.0 Å². The summed E-state index contributed by atoms with van der Waals surface area (Å²) in [5, 5.41) is 16.7. The predicted molar refractivity (Wildman–Crippen MR) is 60.4 cm³/mol. The molecule has 1 heterocycles. The first-order valence-corrected chi connectivity index (χ1v) is 5.44. The zero-order valence-corrected chi connectivity index (χ0v) is 9.82. The van der Waals surface area contributed by atoms with E-state index in [1.54, 1.807) is 4.68 Å². The topological polar surface area (TPSA) is 50.1 Å². The third-order valence-electron chi connectivity index (χ3n) is 2.91. The van der Waals surface area contributed by atoms with Crippen molar-refractivity contribution in [1.82, 2.24) is 15.1 Å². The molecule has 15 heavy (non-hydrogen) atoms. The summed E-state index contributed by atoms with van der Waals surface area (Å²) in [4.78, 5) is 0. The molecular weight excluding hydrogens is 190 g/mol. The van der Waals surface area contributed by atoms with Crippen LogP contribution in [-0.2, 0) is 13.6 Å². The summed E-state index contributed by atoms with van der Waals surface area (Å²) in [5.74, 6) is 0. The fourth-order valence-corrected chi connectivity index (χ4v) is 1.50. The van der Waals surface area contributed by atoms with E-state index in [2.05, 4.69) is 24.3 Å². The SMILES string of the molecule is CCC(C)(CCO)NCc1ccn(C)n1. The van der Waals surface area contributed by atoms with Crippen LogP contribution in [-0.4, -0.2) is 27.0 Å². The number of rotatable bonds is 6. The lowest BCUT2D eigenvalue weighted by Crippen LogP contribution is -2.42. The van der Waals surface area contributed by atoms with E-state index in [-0.39, 0.29) is 12.1 Å². The molecule has 1 rings (SSSR count). The van der Waals surface area contributed by atoms with Gasteiger partial charge in [-0.15, -0.1) is 0 Å². The van der Waals surface area contributed by atoms with Crippen LogP contribution in [0.3, 0.4) is 0 Å². The van der Waals surface area contributed by atoms with Gasteiger partial charge in [0.1, 0.15) is 0 Å². The van der Waals surface area contributed by atoms with E-state index in [0.717, 1.165) is 25.1 Å². The molecule has 0 aliphatic carbocycles. The van der Waals surface area contributed by atoms with E-state index < -0.39 is 0 Å². The Morgan fingerprint density at radius 2 is 2.33 bits per heavy atom. The van der Waals surface area contributed by atoms with Gasteiger partial charge in [-0.1, -0.05) is 6.92 Å². The third kappa shape index (κ3) is 3.64. The number of aliphatic hydroxyl groups is 1. The molecule has 0 spiro atoms. The van der Waals surface area contributed by atoms with Crippen LogP contribution < -0.4 is 5.32 Å². The van der Waals surface area contributed by atoms with Crippen LogP contribution in [0.2, 0.25) is 0 Å². The lowest BCUT2D eigenvalue weighted by Gasteiger charge is -2.28. The Morgan fingerprint density at radius 3 is 2.80 bits per heavy atom. The van der Waals surface area contributed by atoms with Crippen LogP contribution in [0.15, 0.2) is 12.3 Å². The second-order valence-electron chi connectivity index (χ2n) is 4.22. The Morgan fingerprint density at radius 1 is 1.60 bits per heavy atom. The minimum atomic E-state index is 0.00622. The quantitative estimate of drug-likeness (QED) is 0.740. The third-order valence-corrected chi connectivity index (χ3v) is 2.91. The number of aliphatic hydroxyl groups excluding tert-OH is 1. The van der Waals surface area contributed by atoms with Crippen molar-refractivity contribution in [1.29, 1.82) is 0 Å². The maximum atomic E-state index is 8.97. The van der Waals surface area contributed by atoms with E-state index in [4.69, 9.17) is 5.11 Å². The number of aromatic nitrogens is 2. The molecule has 0 saturated carbocycles. The van der Waals surface area contributed by atoms with Gasteiger partial charge in [0.25, 0.3) is 0 Å². The molecule has 0 aromatic carbocycles. The van der Waals surface area contributed by atoms with Crippen LogP contribution >= 0.6 is 0 Å². The van der Waals surface area contributed by atoms with Gasteiger partial charge in [0.2, 0.25) is 0 Å². The molecule has 1 aromatic rings. The molecule has 1 atom stereocenters. The summed E-state index contributed by atoms with van der Waals surface area (Å²) in [6, 6.07) is 2.00. The van der Waals surface area contributed by atoms with Gasteiger partial charge < -0.3 is 10.4 Å². The molecule has 0 amide bonds. The van der Waals surface area contributed by atoms with Crippen LogP contribution in [0.1, 0.15) is 32.4 Å². The molecule has 0 bridgehead atoms. The molecule has 0 aliphatic rings. The number of nitrogens with zero attached hydrogens (tertiary/aromatic N) is 2. The Bertz CT molecular complexity index is 298. The fraction of sp³-hybridized carbons (Fsp3) is 0.727. The van der Waals surface area contributed by atoms with Gasteiger partial charge in [-0.2, -0.15) is 5.10 Å². The lowest BCUT2D eigenvalue weighted by atomic mass is 9.95.